The summed E-state index contributed by atoms with van der Waals surface area (Å²) in [5.74, 6) is 1.91. The fourth-order valence-corrected chi connectivity index (χ4v) is 8.83. The van der Waals surface area contributed by atoms with Crippen molar-refractivity contribution in [2.75, 3.05) is 0 Å². The van der Waals surface area contributed by atoms with E-state index in [2.05, 4.69) is 140 Å². The summed E-state index contributed by atoms with van der Waals surface area (Å²) in [7, 11) is 0. The molecule has 0 N–H and O–H groups in total. The number of rotatable bonds is 4. The molecule has 0 saturated heterocycles. The van der Waals surface area contributed by atoms with Crippen LogP contribution in [0.25, 0.3) is 104 Å². The van der Waals surface area contributed by atoms with Crippen molar-refractivity contribution in [2.45, 2.75) is 12.8 Å². The summed E-state index contributed by atoms with van der Waals surface area (Å²) in [4.78, 5) is 15.4. The number of thiophene rings is 1. The smallest absolute Gasteiger partial charge is 0.164 e. The van der Waals surface area contributed by atoms with Crippen molar-refractivity contribution in [3.8, 4) is 45.3 Å². The van der Waals surface area contributed by atoms with E-state index < -0.39 is 0 Å². The summed E-state index contributed by atoms with van der Waals surface area (Å²) in [5, 5.41) is 6.94. The van der Waals surface area contributed by atoms with Gasteiger partial charge in [0.25, 0.3) is 0 Å². The van der Waals surface area contributed by atoms with Crippen LogP contribution in [-0.2, 0) is 6.42 Å². The number of nitrogens with zero attached hydrogens (tertiary/aromatic N) is 3. The molecule has 1 aliphatic carbocycles. The Bertz CT molecular complexity index is 3100. The van der Waals surface area contributed by atoms with Gasteiger partial charge in [-0.15, -0.1) is 11.3 Å². The maximum Gasteiger partial charge on any atom is 0.164 e. The molecule has 3 aromatic heterocycles. The van der Waals surface area contributed by atoms with Gasteiger partial charge in [0.2, 0.25) is 0 Å². The number of hydrogen-bond donors (Lipinski definition) is 0. The first-order valence-electron chi connectivity index (χ1n) is 17.6. The van der Waals surface area contributed by atoms with Crippen LogP contribution in [0.2, 0.25) is 0 Å². The molecule has 0 spiro atoms. The number of furan rings is 1. The zero-order chi connectivity index (χ0) is 34.2. The predicted octanol–water partition coefficient (Wildman–Crippen LogP) is 12.9. The Kier molecular flexibility index (Phi) is 6.51. The van der Waals surface area contributed by atoms with Crippen LogP contribution in [0, 0.1) is 0 Å². The first-order valence-corrected chi connectivity index (χ1v) is 18.5. The Morgan fingerprint density at radius 3 is 2.19 bits per heavy atom. The van der Waals surface area contributed by atoms with E-state index in [1.807, 2.05) is 23.5 Å². The molecule has 0 saturated carbocycles. The van der Waals surface area contributed by atoms with Crippen molar-refractivity contribution in [2.24, 2.45) is 0 Å². The van der Waals surface area contributed by atoms with Crippen molar-refractivity contribution in [1.29, 1.82) is 0 Å². The second kappa shape index (κ2) is 11.6. The van der Waals surface area contributed by atoms with Gasteiger partial charge < -0.3 is 4.42 Å². The largest absolute Gasteiger partial charge is 0.456 e. The monoisotopic (exact) mass is 683 g/mol. The highest BCUT2D eigenvalue weighted by Crippen LogP contribution is 2.40. The van der Waals surface area contributed by atoms with Crippen LogP contribution in [0.3, 0.4) is 0 Å². The standard InChI is InChI=1S/C47H29N3OS/c1-3-10-30-24-34(18-16-28(30)8-1)45-48-46(35-19-17-29-9-2-4-11-31(29)25-35)50-47(49-45)38-13-7-14-40-44(38)37-22-20-33(27-41(37)51-40)32-21-23-43-39(26-32)36-12-5-6-15-42(36)52-43/h1,3-8,10-27H,2,9H2. The Hall–Kier alpha value is -6.43. The topological polar surface area (TPSA) is 51.8 Å². The number of aromatic nitrogens is 3. The van der Waals surface area contributed by atoms with Crippen LogP contribution < -0.4 is 0 Å². The van der Waals surface area contributed by atoms with E-state index in [-0.39, 0.29) is 0 Å². The molecular weight excluding hydrogens is 655 g/mol. The van der Waals surface area contributed by atoms with Crippen LogP contribution in [0.5, 0.6) is 0 Å². The minimum Gasteiger partial charge on any atom is -0.456 e. The third kappa shape index (κ3) is 4.78. The van der Waals surface area contributed by atoms with Crippen LogP contribution in [-0.4, -0.2) is 15.0 Å². The molecule has 7 aromatic carbocycles. The van der Waals surface area contributed by atoms with E-state index in [4.69, 9.17) is 19.4 Å². The van der Waals surface area contributed by atoms with Gasteiger partial charge in [0.05, 0.1) is 0 Å². The van der Waals surface area contributed by atoms with Crippen LogP contribution >= 0.6 is 11.3 Å². The Morgan fingerprint density at radius 2 is 1.25 bits per heavy atom. The van der Waals surface area contributed by atoms with Gasteiger partial charge in [-0.05, 0) is 94.4 Å². The molecule has 0 fully saturated rings. The molecule has 52 heavy (non-hydrogen) atoms. The molecule has 1 aliphatic rings. The molecule has 0 aliphatic heterocycles. The molecule has 5 heteroatoms. The van der Waals surface area contributed by atoms with E-state index in [1.54, 1.807) is 0 Å². The highest BCUT2D eigenvalue weighted by molar-refractivity contribution is 7.25. The summed E-state index contributed by atoms with van der Waals surface area (Å²) in [6.45, 7) is 0. The minimum atomic E-state index is 0.619. The minimum absolute atomic E-state index is 0.619. The quantitative estimate of drug-likeness (QED) is 0.185. The summed E-state index contributed by atoms with van der Waals surface area (Å²) in [6.07, 6.45) is 6.57. The van der Waals surface area contributed by atoms with Crippen molar-refractivity contribution < 1.29 is 4.42 Å². The average Bonchev–Trinajstić information content (AvgIpc) is 3.78. The molecule has 0 bridgehead atoms. The lowest BCUT2D eigenvalue weighted by atomic mass is 9.95. The van der Waals surface area contributed by atoms with E-state index in [1.165, 1.54) is 42.2 Å². The van der Waals surface area contributed by atoms with Gasteiger partial charge in [0, 0.05) is 47.6 Å². The molecule has 0 amide bonds. The van der Waals surface area contributed by atoms with E-state index in [0.29, 0.717) is 17.5 Å². The second-order valence-corrected chi connectivity index (χ2v) is 14.6. The van der Waals surface area contributed by atoms with Gasteiger partial charge >= 0.3 is 0 Å². The third-order valence-electron chi connectivity index (χ3n) is 10.4. The normalized spacial score (nSPS) is 12.8. The summed E-state index contributed by atoms with van der Waals surface area (Å²) in [6, 6.07) is 49.4. The van der Waals surface area contributed by atoms with Gasteiger partial charge in [-0.1, -0.05) is 103 Å². The van der Waals surface area contributed by atoms with Crippen molar-refractivity contribution in [3.05, 3.63) is 157 Å². The lowest BCUT2D eigenvalue weighted by Crippen LogP contribution is -2.01. The van der Waals surface area contributed by atoms with Gasteiger partial charge in [-0.25, -0.2) is 15.0 Å². The van der Waals surface area contributed by atoms with Crippen LogP contribution in [0.1, 0.15) is 17.5 Å². The number of hydrogen-bond acceptors (Lipinski definition) is 5. The molecule has 10 aromatic rings. The van der Waals surface area contributed by atoms with Gasteiger partial charge in [-0.2, -0.15) is 0 Å². The summed E-state index contributed by atoms with van der Waals surface area (Å²) < 4.78 is 9.19. The molecule has 0 radical (unpaired) electrons. The van der Waals surface area contributed by atoms with Gasteiger partial charge in [0.15, 0.2) is 17.5 Å². The van der Waals surface area contributed by atoms with Crippen LogP contribution in [0.4, 0.5) is 0 Å². The maximum atomic E-state index is 6.58. The number of aryl methyl sites for hydroxylation is 1. The highest BCUT2D eigenvalue weighted by Gasteiger charge is 2.19. The van der Waals surface area contributed by atoms with Crippen LogP contribution in [0.15, 0.2) is 150 Å². The van der Waals surface area contributed by atoms with Crippen molar-refractivity contribution in [1.82, 2.24) is 15.0 Å². The first kappa shape index (κ1) is 29.3. The second-order valence-electron chi connectivity index (χ2n) is 13.5. The SMILES string of the molecule is C1=Cc2cc(-c3nc(-c4ccc5ccccc5c4)nc(-c4cccc5oc6cc(-c7ccc8sc9ccccc9c8c7)ccc6c45)n3)ccc2CC1. The average molecular weight is 684 g/mol. The molecule has 244 valence electrons. The fraction of sp³-hybridized carbons (Fsp3) is 0.0426. The lowest BCUT2D eigenvalue weighted by molar-refractivity contribution is 0.669. The zero-order valence-electron chi connectivity index (χ0n) is 28.0. The molecule has 3 heterocycles. The Labute approximate surface area is 303 Å². The highest BCUT2D eigenvalue weighted by atomic mass is 32.1. The molecule has 11 rings (SSSR count). The first-order chi connectivity index (χ1) is 25.7. The van der Waals surface area contributed by atoms with Gasteiger partial charge in [0.1, 0.15) is 11.2 Å². The summed E-state index contributed by atoms with van der Waals surface area (Å²) >= 11 is 1.84. The fourth-order valence-electron chi connectivity index (χ4n) is 7.75. The predicted molar refractivity (Wildman–Crippen MR) is 217 cm³/mol. The number of fused-ring (bicyclic) bond motifs is 8. The van der Waals surface area contributed by atoms with Gasteiger partial charge in [-0.3, -0.25) is 0 Å². The Morgan fingerprint density at radius 1 is 0.500 bits per heavy atom. The van der Waals surface area contributed by atoms with Crippen molar-refractivity contribution in [3.63, 3.8) is 0 Å². The number of allylic oxidation sites excluding steroid dienone is 1. The maximum absolute atomic E-state index is 6.58. The molecule has 4 nitrogen and oxygen atoms in total. The molecule has 0 atom stereocenters. The van der Waals surface area contributed by atoms with E-state index in [0.717, 1.165) is 62.4 Å². The third-order valence-corrected chi connectivity index (χ3v) is 11.5. The molecular formula is C47H29N3OS. The zero-order valence-corrected chi connectivity index (χ0v) is 28.8. The Balaban J connectivity index is 1.08. The number of benzene rings is 7. The van der Waals surface area contributed by atoms with Crippen molar-refractivity contribution >= 4 is 70.3 Å². The lowest BCUT2D eigenvalue weighted by Gasteiger charge is -2.13. The molecule has 0 unspecified atom stereocenters. The van der Waals surface area contributed by atoms with E-state index >= 15 is 0 Å². The summed E-state index contributed by atoms with van der Waals surface area (Å²) in [5.41, 5.74) is 9.34. The van der Waals surface area contributed by atoms with E-state index in [9.17, 15) is 0 Å².